The summed E-state index contributed by atoms with van der Waals surface area (Å²) in [5, 5.41) is 23.2. The first-order valence-electron chi connectivity index (χ1n) is 26.0. The lowest BCUT2D eigenvalue weighted by molar-refractivity contribution is 0.0466. The fourth-order valence-electron chi connectivity index (χ4n) is 8.33. The molecule has 0 atom stereocenters. The van der Waals surface area contributed by atoms with Crippen molar-refractivity contribution >= 4 is 69.9 Å². The molecule has 17 heteroatoms. The first kappa shape index (κ1) is 60.4. The van der Waals surface area contributed by atoms with Gasteiger partial charge in [0.05, 0.1) is 5.56 Å². The summed E-state index contributed by atoms with van der Waals surface area (Å²) in [6.07, 6.45) is 6.31. The van der Waals surface area contributed by atoms with E-state index in [4.69, 9.17) is 37.8 Å². The van der Waals surface area contributed by atoms with E-state index in [2.05, 4.69) is 97.1 Å². The number of carboxylic acids is 1. The number of nitrogens with one attached hydrogen (secondary N) is 3. The van der Waals surface area contributed by atoms with Gasteiger partial charge in [0.1, 0.15) is 11.2 Å². The second-order valence-corrected chi connectivity index (χ2v) is 26.0. The topological polar surface area (TPSA) is 172 Å². The second-order valence-electron chi connectivity index (χ2n) is 23.3. The van der Waals surface area contributed by atoms with E-state index in [9.17, 15) is 19.2 Å². The third kappa shape index (κ3) is 18.1. The summed E-state index contributed by atoms with van der Waals surface area (Å²) in [5.74, 6) is -1.03. The molecule has 8 rings (SSSR count). The van der Waals surface area contributed by atoms with Gasteiger partial charge in [0.15, 0.2) is 0 Å². The number of nitrogens with zero attached hydrogens (tertiary/aromatic N) is 3. The van der Waals surface area contributed by atoms with Crippen molar-refractivity contribution in [2.45, 2.75) is 143 Å². The van der Waals surface area contributed by atoms with Crippen LogP contribution in [0.15, 0.2) is 96.0 Å². The highest BCUT2D eigenvalue weighted by Crippen LogP contribution is 2.39. The van der Waals surface area contributed by atoms with Gasteiger partial charge in [0.25, 0.3) is 5.91 Å². The molecule has 2 aromatic carbocycles. The smallest absolute Gasteiger partial charge is 0.407 e. The first-order chi connectivity index (χ1) is 36.0. The zero-order valence-corrected chi connectivity index (χ0v) is 49.5. The number of hydrogen-bond donors (Lipinski definition) is 4. The molecule has 0 radical (unpaired) electrons. The Balaban J connectivity index is 0.000000210. The molecule has 6 heterocycles. The molecule has 2 saturated heterocycles. The summed E-state index contributed by atoms with van der Waals surface area (Å²) in [6.45, 7) is 27.1. The van der Waals surface area contributed by atoms with Crippen LogP contribution in [-0.4, -0.2) is 93.5 Å². The Morgan fingerprint density at radius 2 is 1.00 bits per heavy atom. The van der Waals surface area contributed by atoms with Gasteiger partial charge >= 0.3 is 18.2 Å². The molecule has 412 valence electrons. The lowest BCUT2D eigenvalue weighted by Crippen LogP contribution is -2.47. The molecule has 2 aliphatic heterocycles. The number of carboxylic acid groups (broad SMARTS) is 1. The molecule has 2 aliphatic rings. The van der Waals surface area contributed by atoms with Crippen molar-refractivity contribution in [3.05, 3.63) is 129 Å². The molecule has 77 heavy (non-hydrogen) atoms. The Hall–Kier alpha value is -5.84. The number of ether oxygens (including phenoxy) is 2. The van der Waals surface area contributed by atoms with Crippen LogP contribution in [0.5, 0.6) is 0 Å². The Morgan fingerprint density at radius 1 is 0.584 bits per heavy atom. The molecule has 4 aromatic heterocycles. The minimum Gasteiger partial charge on any atom is -0.478 e. The number of thiophene rings is 2. The van der Waals surface area contributed by atoms with Gasteiger partial charge in [-0.15, -0.1) is 22.7 Å². The number of hydrogen-bond acceptors (Lipinski definition) is 11. The van der Waals surface area contributed by atoms with Gasteiger partial charge in [-0.1, -0.05) is 76.9 Å². The van der Waals surface area contributed by atoms with Crippen LogP contribution in [0.4, 0.5) is 9.59 Å². The van der Waals surface area contributed by atoms with Gasteiger partial charge in [-0.2, -0.15) is 0 Å². The molecular formula is C60H74Cl2N6O7S2. The highest BCUT2D eigenvalue weighted by Gasteiger charge is 2.28. The predicted molar refractivity (Wildman–Crippen MR) is 314 cm³/mol. The van der Waals surface area contributed by atoms with E-state index in [0.717, 1.165) is 80.5 Å². The number of amides is 3. The summed E-state index contributed by atoms with van der Waals surface area (Å²) in [5.41, 5.74) is 7.87. The van der Waals surface area contributed by atoms with Crippen LogP contribution in [0.3, 0.4) is 0 Å². The maximum Gasteiger partial charge on any atom is 0.407 e. The van der Waals surface area contributed by atoms with Crippen molar-refractivity contribution in [1.82, 2.24) is 30.8 Å². The van der Waals surface area contributed by atoms with Crippen LogP contribution in [-0.2, 0) is 20.3 Å². The Bertz CT molecular complexity index is 3010. The van der Waals surface area contributed by atoms with Crippen molar-refractivity contribution in [3.8, 4) is 43.1 Å². The molecule has 6 aromatic rings. The van der Waals surface area contributed by atoms with Gasteiger partial charge in [-0.3, -0.25) is 14.8 Å². The van der Waals surface area contributed by atoms with E-state index in [1.807, 2.05) is 88.5 Å². The number of halogens is 2. The van der Waals surface area contributed by atoms with E-state index in [1.54, 1.807) is 40.9 Å². The third-order valence-corrected chi connectivity index (χ3v) is 15.0. The monoisotopic (exact) mass is 1120 g/mol. The molecular weight excluding hydrogens is 1050 g/mol. The molecule has 13 nitrogen and oxygen atoms in total. The second kappa shape index (κ2) is 25.7. The summed E-state index contributed by atoms with van der Waals surface area (Å²) in [7, 11) is 0. The standard InChI is InChI=1S/C30H36ClN3O3S.C20H18ClNO2S.C10H20N2O2/c1-29(2,3)26-17-19(9-12-32-26)25-16-21(18-38-25)23-8-7-20(15-24(23)31)27(35)34-13-10-22(11-14-34)33-28(36)37-30(4,5)6;1-20(2,3)18-10-12(6-7-22-18)17-9-14(11-25-17)15-5-4-13(19(23)24)8-16(15)21;1-10(2,3)14-9(13)12-8-4-6-11-7-5-8/h7-9,12,15-18,22H,10-11,13-14H2,1-6H3,(H,33,36);4-11H,1-3H3,(H,23,24);8,11H,4-7H2,1-3H3,(H,12,13). The van der Waals surface area contributed by atoms with Gasteiger partial charge < -0.3 is 35.4 Å². The predicted octanol–water partition coefficient (Wildman–Crippen LogP) is 14.9. The van der Waals surface area contributed by atoms with Crippen LogP contribution in [0.25, 0.3) is 43.1 Å². The summed E-state index contributed by atoms with van der Waals surface area (Å²) in [4.78, 5) is 60.7. The fraction of sp³-hybridized carbons (Fsp3) is 0.433. The molecule has 0 spiro atoms. The van der Waals surface area contributed by atoms with Crippen LogP contribution >= 0.6 is 45.9 Å². The number of carbonyl (C=O) groups is 4. The van der Waals surface area contributed by atoms with Crippen molar-refractivity contribution < 1.29 is 33.8 Å². The van der Waals surface area contributed by atoms with Gasteiger partial charge in [0.2, 0.25) is 0 Å². The summed E-state index contributed by atoms with van der Waals surface area (Å²) >= 11 is 16.3. The summed E-state index contributed by atoms with van der Waals surface area (Å²) < 4.78 is 10.5. The molecule has 3 amide bonds. The highest BCUT2D eigenvalue weighted by molar-refractivity contribution is 7.14. The van der Waals surface area contributed by atoms with Gasteiger partial charge in [0, 0.05) is 96.3 Å². The molecule has 0 bridgehead atoms. The number of rotatable bonds is 8. The highest BCUT2D eigenvalue weighted by atomic mass is 35.5. The zero-order chi connectivity index (χ0) is 56.5. The fourth-order valence-corrected chi connectivity index (χ4v) is 10.7. The first-order valence-corrected chi connectivity index (χ1v) is 28.5. The number of pyridine rings is 2. The van der Waals surface area contributed by atoms with Crippen LogP contribution in [0.2, 0.25) is 10.0 Å². The molecule has 2 fully saturated rings. The summed E-state index contributed by atoms with van der Waals surface area (Å²) in [6, 6.07) is 23.1. The van der Waals surface area contributed by atoms with Gasteiger partial charge in [-0.05, 0) is 174 Å². The number of aromatic carboxylic acids is 1. The SMILES string of the molecule is CC(C)(C)OC(=O)NC1CCN(C(=O)c2ccc(-c3csc(-c4ccnc(C(C)(C)C)c4)c3)c(Cl)c2)CC1.CC(C)(C)OC(=O)NC1CCNCC1.CC(C)(C)c1cc(-c2cc(-c3ccc(C(=O)O)cc3Cl)cs2)ccn1. The minimum absolute atomic E-state index is 0.00692. The largest absolute Gasteiger partial charge is 0.478 e. The molecule has 0 aliphatic carbocycles. The Kier molecular flexibility index (Phi) is 20.2. The number of benzene rings is 2. The molecule has 0 unspecified atom stereocenters. The Morgan fingerprint density at radius 3 is 1.40 bits per heavy atom. The van der Waals surface area contributed by atoms with E-state index in [-0.39, 0.29) is 40.5 Å². The van der Waals surface area contributed by atoms with Crippen molar-refractivity contribution in [1.29, 1.82) is 0 Å². The average molecular weight is 1130 g/mol. The quantitative estimate of drug-likeness (QED) is 0.115. The lowest BCUT2D eigenvalue weighted by atomic mass is 9.90. The van der Waals surface area contributed by atoms with Crippen molar-refractivity contribution in [2.75, 3.05) is 26.2 Å². The van der Waals surface area contributed by atoms with Crippen LogP contribution in [0, 0.1) is 0 Å². The number of carbonyl (C=O) groups excluding carboxylic acids is 3. The van der Waals surface area contributed by atoms with Crippen LogP contribution in [0.1, 0.15) is 141 Å². The molecule has 0 saturated carbocycles. The maximum atomic E-state index is 13.2. The third-order valence-electron chi connectivity index (χ3n) is 12.4. The van der Waals surface area contributed by atoms with Crippen molar-refractivity contribution in [2.24, 2.45) is 0 Å². The zero-order valence-electron chi connectivity index (χ0n) is 46.4. The molecule has 4 N–H and O–H groups in total. The van der Waals surface area contributed by atoms with Gasteiger partial charge in [-0.25, -0.2) is 14.4 Å². The lowest BCUT2D eigenvalue weighted by Gasteiger charge is -2.33. The van der Waals surface area contributed by atoms with Crippen molar-refractivity contribution in [3.63, 3.8) is 0 Å². The number of likely N-dealkylation sites (tertiary alicyclic amines) is 1. The van der Waals surface area contributed by atoms with Crippen LogP contribution < -0.4 is 16.0 Å². The van der Waals surface area contributed by atoms with E-state index < -0.39 is 23.3 Å². The number of alkyl carbamates (subject to hydrolysis) is 2. The average Bonchev–Trinajstić information content (AvgIpc) is 4.05. The number of piperidine rings is 2. The number of aromatic nitrogens is 2. The van der Waals surface area contributed by atoms with E-state index in [1.165, 1.54) is 6.07 Å². The Labute approximate surface area is 472 Å². The van der Waals surface area contributed by atoms with E-state index >= 15 is 0 Å². The van der Waals surface area contributed by atoms with E-state index in [0.29, 0.717) is 41.5 Å². The normalized spacial score (nSPS) is 14.5. The minimum atomic E-state index is -0.981. The maximum absolute atomic E-state index is 13.2.